The van der Waals surface area contributed by atoms with E-state index in [-0.39, 0.29) is 22.4 Å². The second-order valence-electron chi connectivity index (χ2n) is 7.26. The fourth-order valence-electron chi connectivity index (χ4n) is 2.87. The van der Waals surface area contributed by atoms with Gasteiger partial charge in [-0.1, -0.05) is 55.8 Å². The molecule has 0 unspecified atom stereocenters. The molecule has 7 nitrogen and oxygen atoms in total. The number of amides is 1. The van der Waals surface area contributed by atoms with Gasteiger partial charge in [0.25, 0.3) is 5.56 Å². The molecule has 31 heavy (non-hydrogen) atoms. The van der Waals surface area contributed by atoms with Crippen molar-refractivity contribution in [2.45, 2.75) is 42.8 Å². The van der Waals surface area contributed by atoms with Crippen LogP contribution >= 0.6 is 11.6 Å². The van der Waals surface area contributed by atoms with Crippen LogP contribution < -0.4 is 10.9 Å². The molecule has 162 valence electrons. The van der Waals surface area contributed by atoms with Crippen LogP contribution in [0.1, 0.15) is 30.9 Å². The van der Waals surface area contributed by atoms with Crippen molar-refractivity contribution in [3.05, 3.63) is 87.2 Å². The van der Waals surface area contributed by atoms with Crippen molar-refractivity contribution in [1.29, 1.82) is 0 Å². The number of nitrogens with zero attached hydrogens (tertiary/aromatic N) is 2. The molecule has 1 N–H and O–H groups in total. The van der Waals surface area contributed by atoms with Gasteiger partial charge < -0.3 is 5.32 Å². The Bertz CT molecular complexity index is 1250. The molecule has 3 rings (SSSR count). The Morgan fingerprint density at radius 1 is 1.06 bits per heavy atom. The maximum Gasteiger partial charge on any atom is 0.267 e. The zero-order valence-electron chi connectivity index (χ0n) is 17.1. The van der Waals surface area contributed by atoms with Crippen LogP contribution in [0, 0.1) is 0 Å². The predicted octanol–water partition coefficient (Wildman–Crippen LogP) is 3.17. The van der Waals surface area contributed by atoms with E-state index in [0.717, 1.165) is 27.9 Å². The Labute approximate surface area is 185 Å². The molecule has 0 fully saturated rings. The van der Waals surface area contributed by atoms with Crippen LogP contribution in [-0.2, 0) is 27.7 Å². The first-order chi connectivity index (χ1) is 14.7. The Kier molecular flexibility index (Phi) is 6.92. The maximum absolute atomic E-state index is 12.9. The standard InChI is InChI=1S/C22H22ClN3O4S/c1-15(2)16-7-9-18(10-8-16)31(29,30)21-11-12-22(28)26(25-21)14-20(27)24-13-17-5-3-4-6-19(17)23/h3-12,15H,13-14H2,1-2H3,(H,24,27). The maximum atomic E-state index is 12.9. The van der Waals surface area contributed by atoms with Gasteiger partial charge >= 0.3 is 0 Å². The van der Waals surface area contributed by atoms with E-state index in [4.69, 9.17) is 11.6 Å². The number of nitrogens with one attached hydrogen (secondary N) is 1. The summed E-state index contributed by atoms with van der Waals surface area (Å²) in [4.78, 5) is 24.5. The van der Waals surface area contributed by atoms with Gasteiger partial charge in [0.15, 0.2) is 5.03 Å². The fraction of sp³-hybridized carbons (Fsp3) is 0.227. The topological polar surface area (TPSA) is 98.1 Å². The van der Waals surface area contributed by atoms with Crippen molar-refractivity contribution in [2.75, 3.05) is 0 Å². The third-order valence-electron chi connectivity index (χ3n) is 4.70. The Hall–Kier alpha value is -2.97. The first kappa shape index (κ1) is 22.7. The quantitative estimate of drug-likeness (QED) is 0.585. The lowest BCUT2D eigenvalue weighted by molar-refractivity contribution is -0.122. The van der Waals surface area contributed by atoms with Crippen molar-refractivity contribution in [3.8, 4) is 0 Å². The van der Waals surface area contributed by atoms with Crippen LogP contribution in [0.2, 0.25) is 5.02 Å². The van der Waals surface area contributed by atoms with Gasteiger partial charge in [-0.05, 0) is 41.3 Å². The third kappa shape index (κ3) is 5.39. The molecule has 0 aliphatic heterocycles. The van der Waals surface area contributed by atoms with Gasteiger partial charge in [-0.3, -0.25) is 9.59 Å². The summed E-state index contributed by atoms with van der Waals surface area (Å²) in [7, 11) is -3.94. The highest BCUT2D eigenvalue weighted by Crippen LogP contribution is 2.21. The van der Waals surface area contributed by atoms with E-state index < -0.39 is 27.8 Å². The molecule has 0 spiro atoms. The summed E-state index contributed by atoms with van der Waals surface area (Å²) in [6.07, 6.45) is 0. The number of benzene rings is 2. The van der Waals surface area contributed by atoms with Crippen molar-refractivity contribution in [3.63, 3.8) is 0 Å². The Morgan fingerprint density at radius 3 is 2.39 bits per heavy atom. The van der Waals surface area contributed by atoms with Crippen LogP contribution in [0.3, 0.4) is 0 Å². The zero-order chi connectivity index (χ0) is 22.6. The number of hydrogen-bond acceptors (Lipinski definition) is 5. The monoisotopic (exact) mass is 459 g/mol. The molecule has 0 aliphatic rings. The highest BCUT2D eigenvalue weighted by atomic mass is 35.5. The van der Waals surface area contributed by atoms with Crippen molar-refractivity contribution in [2.24, 2.45) is 0 Å². The summed E-state index contributed by atoms with van der Waals surface area (Å²) in [5.41, 5.74) is 1.15. The fourth-order valence-corrected chi connectivity index (χ4v) is 4.26. The SMILES string of the molecule is CC(C)c1ccc(S(=O)(=O)c2ccc(=O)n(CC(=O)NCc3ccccc3Cl)n2)cc1. The lowest BCUT2D eigenvalue weighted by atomic mass is 10.0. The molecule has 1 aromatic heterocycles. The molecule has 0 aliphatic carbocycles. The molecular weight excluding hydrogens is 438 g/mol. The van der Waals surface area contributed by atoms with E-state index in [1.807, 2.05) is 13.8 Å². The highest BCUT2D eigenvalue weighted by Gasteiger charge is 2.21. The number of rotatable bonds is 7. The third-order valence-corrected chi connectivity index (χ3v) is 6.73. The summed E-state index contributed by atoms with van der Waals surface area (Å²) >= 11 is 6.06. The Balaban J connectivity index is 1.78. The Morgan fingerprint density at radius 2 is 1.74 bits per heavy atom. The number of hydrogen-bond donors (Lipinski definition) is 1. The van der Waals surface area contributed by atoms with Crippen molar-refractivity contribution >= 4 is 27.3 Å². The normalized spacial score (nSPS) is 11.5. The number of halogens is 1. The number of carbonyl (C=O) groups is 1. The van der Waals surface area contributed by atoms with Gasteiger partial charge in [0.05, 0.1) is 4.90 Å². The second-order valence-corrected chi connectivity index (χ2v) is 9.57. The molecule has 0 bridgehead atoms. The van der Waals surface area contributed by atoms with E-state index in [0.29, 0.717) is 5.02 Å². The van der Waals surface area contributed by atoms with Gasteiger partial charge in [-0.15, -0.1) is 0 Å². The average Bonchev–Trinajstić information content (AvgIpc) is 2.74. The first-order valence-corrected chi connectivity index (χ1v) is 11.5. The first-order valence-electron chi connectivity index (χ1n) is 9.62. The summed E-state index contributed by atoms with van der Waals surface area (Å²) in [5, 5.41) is 6.78. The van der Waals surface area contributed by atoms with Crippen LogP contribution in [-0.4, -0.2) is 24.1 Å². The number of carbonyl (C=O) groups excluding carboxylic acids is 1. The van der Waals surface area contributed by atoms with E-state index in [2.05, 4.69) is 10.4 Å². The molecule has 0 saturated carbocycles. The largest absolute Gasteiger partial charge is 0.350 e. The zero-order valence-corrected chi connectivity index (χ0v) is 18.7. The molecule has 2 aromatic carbocycles. The molecule has 0 radical (unpaired) electrons. The van der Waals surface area contributed by atoms with Gasteiger partial charge in [0.1, 0.15) is 6.54 Å². The summed E-state index contributed by atoms with van der Waals surface area (Å²) in [6, 6.07) is 15.8. The predicted molar refractivity (Wildman–Crippen MR) is 118 cm³/mol. The van der Waals surface area contributed by atoms with Crippen LogP contribution in [0.25, 0.3) is 0 Å². The highest BCUT2D eigenvalue weighted by molar-refractivity contribution is 7.91. The number of sulfone groups is 1. The average molecular weight is 460 g/mol. The minimum atomic E-state index is -3.94. The van der Waals surface area contributed by atoms with Crippen LogP contribution in [0.4, 0.5) is 0 Å². The van der Waals surface area contributed by atoms with Gasteiger partial charge in [-0.25, -0.2) is 13.1 Å². The van der Waals surface area contributed by atoms with E-state index in [9.17, 15) is 18.0 Å². The minimum Gasteiger partial charge on any atom is -0.350 e. The smallest absolute Gasteiger partial charge is 0.267 e. The second kappa shape index (κ2) is 9.45. The van der Waals surface area contributed by atoms with Crippen LogP contribution in [0.15, 0.2) is 75.4 Å². The van der Waals surface area contributed by atoms with E-state index >= 15 is 0 Å². The molecule has 0 saturated heterocycles. The molecule has 1 amide bonds. The van der Waals surface area contributed by atoms with E-state index in [1.165, 1.54) is 12.1 Å². The number of aromatic nitrogens is 2. The summed E-state index contributed by atoms with van der Waals surface area (Å²) < 4.78 is 26.7. The lowest BCUT2D eigenvalue weighted by Gasteiger charge is -2.10. The van der Waals surface area contributed by atoms with Crippen molar-refractivity contribution in [1.82, 2.24) is 15.1 Å². The van der Waals surface area contributed by atoms with Crippen LogP contribution in [0.5, 0.6) is 0 Å². The van der Waals surface area contributed by atoms with Gasteiger partial charge in [-0.2, -0.15) is 5.10 Å². The minimum absolute atomic E-state index is 0.0674. The van der Waals surface area contributed by atoms with Gasteiger partial charge in [0.2, 0.25) is 15.7 Å². The van der Waals surface area contributed by atoms with Crippen molar-refractivity contribution < 1.29 is 13.2 Å². The molecule has 3 aromatic rings. The van der Waals surface area contributed by atoms with E-state index in [1.54, 1.807) is 36.4 Å². The summed E-state index contributed by atoms with van der Waals surface area (Å²) in [6.45, 7) is 3.78. The van der Waals surface area contributed by atoms with Gasteiger partial charge in [0, 0.05) is 17.6 Å². The summed E-state index contributed by atoms with van der Waals surface area (Å²) in [5.74, 6) is -0.230. The molecule has 1 heterocycles. The lowest BCUT2D eigenvalue weighted by Crippen LogP contribution is -2.33. The molecular formula is C22H22ClN3O4S. The molecule has 0 atom stereocenters. The molecule has 9 heteroatoms.